The number of phenolic OH excluding ortho intramolecular Hbond substituents is 1. The first-order valence-electron chi connectivity index (χ1n) is 7.12. The molecule has 1 fully saturated rings. The molecule has 3 heteroatoms. The molecule has 20 heavy (non-hydrogen) atoms. The van der Waals surface area contributed by atoms with Crippen LogP contribution in [-0.2, 0) is 0 Å². The molecule has 1 heterocycles. The van der Waals surface area contributed by atoms with Crippen molar-refractivity contribution in [3.63, 3.8) is 0 Å². The van der Waals surface area contributed by atoms with Crippen LogP contribution in [0.4, 0.5) is 0 Å². The summed E-state index contributed by atoms with van der Waals surface area (Å²) in [7, 11) is 0. The van der Waals surface area contributed by atoms with E-state index in [2.05, 4.69) is 29.2 Å². The Kier molecular flexibility index (Phi) is 3.70. The molecule has 1 saturated heterocycles. The molecule has 2 aliphatic rings. The van der Waals surface area contributed by atoms with Gasteiger partial charge in [0.1, 0.15) is 5.75 Å². The summed E-state index contributed by atoms with van der Waals surface area (Å²) in [4.78, 5) is 14.5. The van der Waals surface area contributed by atoms with Crippen LogP contribution in [-0.4, -0.2) is 35.4 Å². The highest BCUT2D eigenvalue weighted by Gasteiger charge is 2.28. The fraction of sp³-hybridized carbons (Fsp3) is 0.353. The number of likely N-dealkylation sites (tertiary alicyclic amines) is 1. The normalized spacial score (nSPS) is 25.4. The molecule has 1 aliphatic heterocycles. The van der Waals surface area contributed by atoms with Crippen molar-refractivity contribution in [3.8, 4) is 5.75 Å². The van der Waals surface area contributed by atoms with Crippen LogP contribution in [0.3, 0.4) is 0 Å². The second kappa shape index (κ2) is 5.63. The lowest BCUT2D eigenvalue weighted by atomic mass is 9.82. The third-order valence-corrected chi connectivity index (χ3v) is 4.20. The maximum absolute atomic E-state index is 12.3. The van der Waals surface area contributed by atoms with E-state index >= 15 is 0 Å². The average Bonchev–Trinajstić information content (AvgIpc) is 2.47. The molecule has 1 aromatic rings. The number of aromatic hydroxyl groups is 1. The van der Waals surface area contributed by atoms with E-state index in [1.54, 1.807) is 24.3 Å². The van der Waals surface area contributed by atoms with Crippen molar-refractivity contribution in [1.29, 1.82) is 0 Å². The summed E-state index contributed by atoms with van der Waals surface area (Å²) < 4.78 is 0. The van der Waals surface area contributed by atoms with Gasteiger partial charge in [0.2, 0.25) is 0 Å². The van der Waals surface area contributed by atoms with Crippen molar-refractivity contribution in [2.24, 2.45) is 11.8 Å². The van der Waals surface area contributed by atoms with Gasteiger partial charge in [0, 0.05) is 6.54 Å². The SMILES string of the molecule is O=C(CN1CC[C@@H]2C=CC=C[C@H]2C1)c1ccccc1O. The minimum atomic E-state index is -0.00289. The van der Waals surface area contributed by atoms with Gasteiger partial charge in [-0.3, -0.25) is 9.69 Å². The molecule has 104 valence electrons. The second-order valence-electron chi connectivity index (χ2n) is 5.56. The van der Waals surface area contributed by atoms with Gasteiger partial charge in [0.15, 0.2) is 5.78 Å². The van der Waals surface area contributed by atoms with E-state index in [0.717, 1.165) is 19.5 Å². The minimum Gasteiger partial charge on any atom is -0.507 e. The first-order valence-corrected chi connectivity index (χ1v) is 7.12. The number of benzene rings is 1. The smallest absolute Gasteiger partial charge is 0.180 e. The van der Waals surface area contributed by atoms with E-state index in [9.17, 15) is 9.90 Å². The van der Waals surface area contributed by atoms with Gasteiger partial charge >= 0.3 is 0 Å². The minimum absolute atomic E-state index is 0.00289. The Labute approximate surface area is 119 Å². The number of ketones is 1. The zero-order valence-corrected chi connectivity index (χ0v) is 11.4. The Morgan fingerprint density at radius 1 is 1.20 bits per heavy atom. The number of piperidine rings is 1. The molecule has 0 saturated carbocycles. The molecule has 2 atom stereocenters. The Hall–Kier alpha value is -1.87. The third-order valence-electron chi connectivity index (χ3n) is 4.20. The summed E-state index contributed by atoms with van der Waals surface area (Å²) in [5.74, 6) is 1.21. The van der Waals surface area contributed by atoms with Crippen LogP contribution >= 0.6 is 0 Å². The predicted molar refractivity (Wildman–Crippen MR) is 78.8 cm³/mol. The number of hydrogen-bond donors (Lipinski definition) is 1. The van der Waals surface area contributed by atoms with Crippen LogP contribution < -0.4 is 0 Å². The van der Waals surface area contributed by atoms with E-state index in [1.807, 2.05) is 0 Å². The summed E-state index contributed by atoms with van der Waals surface area (Å²) >= 11 is 0. The van der Waals surface area contributed by atoms with Crippen molar-refractivity contribution in [3.05, 3.63) is 54.1 Å². The van der Waals surface area contributed by atoms with Crippen molar-refractivity contribution < 1.29 is 9.90 Å². The fourth-order valence-corrected chi connectivity index (χ4v) is 3.07. The molecule has 0 spiro atoms. The van der Waals surface area contributed by atoms with Crippen LogP contribution in [0.5, 0.6) is 5.75 Å². The predicted octanol–water partition coefficient (Wildman–Crippen LogP) is 2.64. The van der Waals surface area contributed by atoms with Crippen LogP contribution in [0.15, 0.2) is 48.6 Å². The van der Waals surface area contributed by atoms with Gasteiger partial charge in [-0.2, -0.15) is 0 Å². The van der Waals surface area contributed by atoms with E-state index in [0.29, 0.717) is 23.9 Å². The van der Waals surface area contributed by atoms with Gasteiger partial charge in [-0.1, -0.05) is 36.4 Å². The van der Waals surface area contributed by atoms with Gasteiger partial charge < -0.3 is 5.11 Å². The van der Waals surface area contributed by atoms with Gasteiger partial charge in [-0.05, 0) is 36.9 Å². The Morgan fingerprint density at radius 3 is 2.75 bits per heavy atom. The molecular formula is C17H19NO2. The standard InChI is InChI=1S/C17H19NO2/c19-16-8-4-3-7-15(16)17(20)12-18-10-9-13-5-1-2-6-14(13)11-18/h1-8,13-14,19H,9-12H2/t13-,14-/m0/s1. The van der Waals surface area contributed by atoms with E-state index in [-0.39, 0.29) is 11.5 Å². The first-order chi connectivity index (χ1) is 9.74. The molecule has 1 N–H and O–H groups in total. The van der Waals surface area contributed by atoms with Crippen LogP contribution in [0.2, 0.25) is 0 Å². The fourth-order valence-electron chi connectivity index (χ4n) is 3.07. The molecular weight excluding hydrogens is 250 g/mol. The molecule has 0 bridgehead atoms. The highest BCUT2D eigenvalue weighted by molar-refractivity contribution is 5.99. The summed E-state index contributed by atoms with van der Waals surface area (Å²) in [6.07, 6.45) is 9.81. The number of nitrogens with zero attached hydrogens (tertiary/aromatic N) is 1. The lowest BCUT2D eigenvalue weighted by Crippen LogP contribution is -2.42. The molecule has 0 aromatic heterocycles. The molecule has 3 rings (SSSR count). The van der Waals surface area contributed by atoms with Crippen LogP contribution in [0.1, 0.15) is 16.8 Å². The molecule has 1 aromatic carbocycles. The Bertz CT molecular complexity index is 562. The van der Waals surface area contributed by atoms with Gasteiger partial charge in [-0.15, -0.1) is 0 Å². The maximum atomic E-state index is 12.3. The van der Waals surface area contributed by atoms with Crippen molar-refractivity contribution in [1.82, 2.24) is 4.90 Å². The molecule has 0 amide bonds. The van der Waals surface area contributed by atoms with E-state index in [4.69, 9.17) is 0 Å². The number of carbonyl (C=O) groups excluding carboxylic acids is 1. The van der Waals surface area contributed by atoms with Crippen molar-refractivity contribution in [2.45, 2.75) is 6.42 Å². The Morgan fingerprint density at radius 2 is 1.95 bits per heavy atom. The second-order valence-corrected chi connectivity index (χ2v) is 5.56. The number of carbonyl (C=O) groups is 1. The zero-order chi connectivity index (χ0) is 13.9. The summed E-state index contributed by atoms with van der Waals surface area (Å²) in [6.45, 7) is 2.25. The van der Waals surface area contributed by atoms with Crippen LogP contribution in [0.25, 0.3) is 0 Å². The maximum Gasteiger partial charge on any atom is 0.180 e. The number of para-hydroxylation sites is 1. The van der Waals surface area contributed by atoms with Gasteiger partial charge in [0.25, 0.3) is 0 Å². The quantitative estimate of drug-likeness (QED) is 0.858. The molecule has 0 unspecified atom stereocenters. The number of Topliss-reactive ketones (excluding diaryl/α,β-unsaturated/α-hetero) is 1. The summed E-state index contributed by atoms with van der Waals surface area (Å²) in [6, 6.07) is 6.77. The topological polar surface area (TPSA) is 40.5 Å². The lowest BCUT2D eigenvalue weighted by molar-refractivity contribution is 0.0876. The van der Waals surface area contributed by atoms with E-state index < -0.39 is 0 Å². The number of hydrogen-bond acceptors (Lipinski definition) is 3. The number of fused-ring (bicyclic) bond motifs is 1. The summed E-state index contributed by atoms with van der Waals surface area (Å²) in [5.41, 5.74) is 0.425. The highest BCUT2D eigenvalue weighted by Crippen LogP contribution is 2.28. The molecule has 1 aliphatic carbocycles. The first kappa shape index (κ1) is 13.1. The zero-order valence-electron chi connectivity index (χ0n) is 11.4. The van der Waals surface area contributed by atoms with Gasteiger partial charge in [-0.25, -0.2) is 0 Å². The Balaban J connectivity index is 1.64. The number of allylic oxidation sites excluding steroid dienone is 3. The highest BCUT2D eigenvalue weighted by atomic mass is 16.3. The molecule has 3 nitrogen and oxygen atoms in total. The molecule has 0 radical (unpaired) electrons. The van der Waals surface area contributed by atoms with Crippen LogP contribution in [0, 0.1) is 11.8 Å². The largest absolute Gasteiger partial charge is 0.507 e. The number of phenols is 1. The summed E-state index contributed by atoms with van der Waals surface area (Å²) in [5, 5.41) is 9.74. The monoisotopic (exact) mass is 269 g/mol. The number of rotatable bonds is 3. The lowest BCUT2D eigenvalue weighted by Gasteiger charge is -2.36. The van der Waals surface area contributed by atoms with Gasteiger partial charge in [0.05, 0.1) is 12.1 Å². The third kappa shape index (κ3) is 2.68. The van der Waals surface area contributed by atoms with Crippen molar-refractivity contribution in [2.75, 3.05) is 19.6 Å². The van der Waals surface area contributed by atoms with E-state index in [1.165, 1.54) is 0 Å². The average molecular weight is 269 g/mol. The van der Waals surface area contributed by atoms with Crippen molar-refractivity contribution >= 4 is 5.78 Å².